The molecule has 0 aliphatic carbocycles. The fourth-order valence-electron chi connectivity index (χ4n) is 2.75. The molecule has 3 rings (SSSR count). The third-order valence-electron chi connectivity index (χ3n) is 4.27. The number of aryl methyl sites for hydroxylation is 1. The summed E-state index contributed by atoms with van der Waals surface area (Å²) in [5.74, 6) is 0.451. The average molecular weight is 425 g/mol. The van der Waals surface area contributed by atoms with Gasteiger partial charge in [-0.3, -0.25) is 14.6 Å². The lowest BCUT2D eigenvalue weighted by Gasteiger charge is -2.06. The van der Waals surface area contributed by atoms with Crippen LogP contribution in [0.1, 0.15) is 34.3 Å². The van der Waals surface area contributed by atoms with Gasteiger partial charge in [0.05, 0.1) is 12.3 Å². The van der Waals surface area contributed by atoms with Gasteiger partial charge in [0.1, 0.15) is 15.6 Å². The predicted molar refractivity (Wildman–Crippen MR) is 116 cm³/mol. The highest BCUT2D eigenvalue weighted by molar-refractivity contribution is 7.17. The molecule has 2 amide bonds. The molecule has 0 aliphatic rings. The Kier molecular flexibility index (Phi) is 7.51. The molecule has 2 N–H and O–H groups in total. The van der Waals surface area contributed by atoms with Crippen LogP contribution >= 0.6 is 11.3 Å². The number of thiazole rings is 1. The maximum Gasteiger partial charge on any atom is 0.263 e. The maximum atomic E-state index is 12.5. The quantitative estimate of drug-likeness (QED) is 0.549. The summed E-state index contributed by atoms with van der Waals surface area (Å²) in [6, 6.07) is 11.3. The van der Waals surface area contributed by atoms with Crippen molar-refractivity contribution in [2.75, 3.05) is 13.2 Å². The van der Waals surface area contributed by atoms with Crippen LogP contribution in [0.2, 0.25) is 0 Å². The van der Waals surface area contributed by atoms with Gasteiger partial charge < -0.3 is 15.4 Å². The number of benzene rings is 1. The highest BCUT2D eigenvalue weighted by Crippen LogP contribution is 2.29. The first-order chi connectivity index (χ1) is 14.6. The standard InChI is InChI=1S/C22H24N4O3S/c1-3-29-18-8-6-17(7-9-18)22-26-15(2)20(30-22)21(28)24-12-10-19(27)25-14-16-5-4-11-23-13-16/h4-9,11,13H,3,10,12,14H2,1-2H3,(H,24,28)(H,25,27). The number of amides is 2. The molecule has 0 saturated carbocycles. The summed E-state index contributed by atoms with van der Waals surface area (Å²) in [4.78, 5) is 33.5. The van der Waals surface area contributed by atoms with Gasteiger partial charge in [-0.25, -0.2) is 4.98 Å². The fourth-order valence-corrected chi connectivity index (χ4v) is 3.74. The summed E-state index contributed by atoms with van der Waals surface area (Å²) in [5, 5.41) is 6.38. The number of nitrogens with zero attached hydrogens (tertiary/aromatic N) is 2. The number of ether oxygens (including phenoxy) is 1. The first kappa shape index (κ1) is 21.4. The van der Waals surface area contributed by atoms with Crippen molar-refractivity contribution < 1.29 is 14.3 Å². The largest absolute Gasteiger partial charge is 0.494 e. The topological polar surface area (TPSA) is 93.2 Å². The van der Waals surface area contributed by atoms with Gasteiger partial charge in [0.2, 0.25) is 5.91 Å². The van der Waals surface area contributed by atoms with Gasteiger partial charge in [0, 0.05) is 37.5 Å². The van der Waals surface area contributed by atoms with Crippen LogP contribution in [-0.2, 0) is 11.3 Å². The van der Waals surface area contributed by atoms with Gasteiger partial charge in [-0.15, -0.1) is 11.3 Å². The number of nitrogens with one attached hydrogen (secondary N) is 2. The van der Waals surface area contributed by atoms with E-state index >= 15 is 0 Å². The van der Waals surface area contributed by atoms with Crippen LogP contribution < -0.4 is 15.4 Å². The van der Waals surface area contributed by atoms with Gasteiger partial charge in [-0.1, -0.05) is 6.07 Å². The Bertz CT molecular complexity index is 987. The summed E-state index contributed by atoms with van der Waals surface area (Å²) in [7, 11) is 0. The minimum atomic E-state index is -0.220. The summed E-state index contributed by atoms with van der Waals surface area (Å²) >= 11 is 1.33. The third-order valence-corrected chi connectivity index (χ3v) is 5.47. The monoisotopic (exact) mass is 424 g/mol. The van der Waals surface area contributed by atoms with Crippen molar-refractivity contribution in [3.8, 4) is 16.3 Å². The molecule has 0 fully saturated rings. The number of rotatable bonds is 9. The van der Waals surface area contributed by atoms with E-state index < -0.39 is 0 Å². The zero-order valence-corrected chi connectivity index (χ0v) is 17.8. The van der Waals surface area contributed by atoms with Crippen LogP contribution in [0.4, 0.5) is 0 Å². The minimum absolute atomic E-state index is 0.129. The van der Waals surface area contributed by atoms with E-state index in [1.54, 1.807) is 12.4 Å². The Labute approximate surface area is 179 Å². The van der Waals surface area contributed by atoms with Crippen molar-refractivity contribution in [3.63, 3.8) is 0 Å². The lowest BCUT2D eigenvalue weighted by molar-refractivity contribution is -0.121. The van der Waals surface area contributed by atoms with E-state index in [9.17, 15) is 9.59 Å². The van der Waals surface area contributed by atoms with Crippen molar-refractivity contribution in [2.45, 2.75) is 26.8 Å². The number of carbonyl (C=O) groups is 2. The molecule has 3 aromatic rings. The van der Waals surface area contributed by atoms with Crippen molar-refractivity contribution in [3.05, 3.63) is 64.9 Å². The Hall–Kier alpha value is -3.26. The van der Waals surface area contributed by atoms with E-state index in [2.05, 4.69) is 20.6 Å². The molecule has 0 aliphatic heterocycles. The number of aromatic nitrogens is 2. The Morgan fingerprint density at radius 1 is 1.13 bits per heavy atom. The van der Waals surface area contributed by atoms with Crippen LogP contribution in [-0.4, -0.2) is 34.9 Å². The summed E-state index contributed by atoms with van der Waals surface area (Å²) < 4.78 is 5.45. The molecule has 0 unspecified atom stereocenters. The van der Waals surface area contributed by atoms with E-state index in [0.717, 1.165) is 21.9 Å². The summed E-state index contributed by atoms with van der Waals surface area (Å²) in [5.41, 5.74) is 2.53. The molecule has 0 radical (unpaired) electrons. The smallest absolute Gasteiger partial charge is 0.263 e. The molecule has 1 aromatic carbocycles. The normalized spacial score (nSPS) is 10.5. The van der Waals surface area contributed by atoms with Gasteiger partial charge in [-0.2, -0.15) is 0 Å². The van der Waals surface area contributed by atoms with Gasteiger partial charge in [-0.05, 0) is 49.7 Å². The molecule has 0 saturated heterocycles. The summed E-state index contributed by atoms with van der Waals surface area (Å²) in [6.45, 7) is 5.03. The second kappa shape index (κ2) is 10.5. The molecule has 2 heterocycles. The zero-order chi connectivity index (χ0) is 21.3. The maximum absolute atomic E-state index is 12.5. The Balaban J connectivity index is 1.50. The van der Waals surface area contributed by atoms with Crippen LogP contribution in [0, 0.1) is 6.92 Å². The molecule has 7 nitrogen and oxygen atoms in total. The van der Waals surface area contributed by atoms with Crippen molar-refractivity contribution in [2.24, 2.45) is 0 Å². The first-order valence-corrected chi connectivity index (χ1v) is 10.5. The van der Waals surface area contributed by atoms with Crippen LogP contribution in [0.15, 0.2) is 48.8 Å². The molecule has 0 bridgehead atoms. The second-order valence-electron chi connectivity index (χ2n) is 6.53. The van der Waals surface area contributed by atoms with Gasteiger partial charge in [0.25, 0.3) is 5.91 Å². The molecule has 0 spiro atoms. The van der Waals surface area contributed by atoms with E-state index in [0.29, 0.717) is 23.7 Å². The highest BCUT2D eigenvalue weighted by atomic mass is 32.1. The molecular formula is C22H24N4O3S. The van der Waals surface area contributed by atoms with Gasteiger partial charge in [0.15, 0.2) is 0 Å². The van der Waals surface area contributed by atoms with E-state index in [1.807, 2.05) is 50.2 Å². The van der Waals surface area contributed by atoms with E-state index in [-0.39, 0.29) is 24.8 Å². The molecule has 2 aromatic heterocycles. The van der Waals surface area contributed by atoms with Crippen molar-refractivity contribution in [1.29, 1.82) is 0 Å². The minimum Gasteiger partial charge on any atom is -0.494 e. The van der Waals surface area contributed by atoms with Crippen LogP contribution in [0.3, 0.4) is 0 Å². The molecular weight excluding hydrogens is 400 g/mol. The van der Waals surface area contributed by atoms with E-state index in [4.69, 9.17) is 4.74 Å². The van der Waals surface area contributed by atoms with Crippen molar-refractivity contribution in [1.82, 2.24) is 20.6 Å². The van der Waals surface area contributed by atoms with Crippen LogP contribution in [0.25, 0.3) is 10.6 Å². The third kappa shape index (κ3) is 5.87. The Morgan fingerprint density at radius 2 is 1.93 bits per heavy atom. The number of hydrogen-bond donors (Lipinski definition) is 2. The molecule has 156 valence electrons. The number of pyridine rings is 1. The lowest BCUT2D eigenvalue weighted by Crippen LogP contribution is -2.30. The SMILES string of the molecule is CCOc1ccc(-c2nc(C)c(C(=O)NCCC(=O)NCc3cccnc3)s2)cc1. The predicted octanol–water partition coefficient (Wildman–Crippen LogP) is 3.35. The number of carbonyl (C=O) groups excluding carboxylic acids is 2. The molecule has 8 heteroatoms. The van der Waals surface area contributed by atoms with Crippen molar-refractivity contribution >= 4 is 23.2 Å². The molecule has 0 atom stereocenters. The fraction of sp³-hybridized carbons (Fsp3) is 0.273. The second-order valence-corrected chi connectivity index (χ2v) is 7.53. The first-order valence-electron chi connectivity index (χ1n) is 9.71. The molecule has 30 heavy (non-hydrogen) atoms. The average Bonchev–Trinajstić information content (AvgIpc) is 3.15. The summed E-state index contributed by atoms with van der Waals surface area (Å²) in [6.07, 6.45) is 3.59. The van der Waals surface area contributed by atoms with E-state index in [1.165, 1.54) is 11.3 Å². The zero-order valence-electron chi connectivity index (χ0n) is 17.0. The number of hydrogen-bond acceptors (Lipinski definition) is 6. The lowest BCUT2D eigenvalue weighted by atomic mass is 10.2. The van der Waals surface area contributed by atoms with Gasteiger partial charge >= 0.3 is 0 Å². The van der Waals surface area contributed by atoms with Crippen LogP contribution in [0.5, 0.6) is 5.75 Å². The Morgan fingerprint density at radius 3 is 2.63 bits per heavy atom. The highest BCUT2D eigenvalue weighted by Gasteiger charge is 2.16.